The van der Waals surface area contributed by atoms with E-state index in [1.165, 1.54) is 205 Å². The summed E-state index contributed by atoms with van der Waals surface area (Å²) in [4.78, 5) is 37.9. The van der Waals surface area contributed by atoms with E-state index in [2.05, 4.69) is 45.1 Å². The van der Waals surface area contributed by atoms with E-state index in [4.69, 9.17) is 14.2 Å². The Morgan fingerprint density at radius 2 is 0.531 bits per heavy atom. The lowest BCUT2D eigenvalue weighted by molar-refractivity contribution is -0.167. The van der Waals surface area contributed by atoms with Crippen LogP contribution in [-0.4, -0.2) is 37.2 Å². The smallest absolute Gasteiger partial charge is 0.306 e. The third kappa shape index (κ3) is 50.9. The molecule has 0 aliphatic heterocycles. The number of rotatable bonds is 52. The van der Waals surface area contributed by atoms with Crippen LogP contribution in [0.5, 0.6) is 0 Å². The lowest BCUT2D eigenvalue weighted by atomic mass is 10.0. The molecule has 0 radical (unpaired) electrons. The van der Waals surface area contributed by atoms with E-state index < -0.39 is 6.10 Å². The largest absolute Gasteiger partial charge is 0.462 e. The molecule has 0 saturated carbocycles. The molecule has 0 aliphatic rings. The molecule has 6 heteroatoms. The SMILES string of the molecule is CCCC/C=C\CCCCCCCC(=O)OC(COC(=O)CCCCCCCCCCCC)COC(=O)CCCCCCCCCCCCCCC/C=C\CCCCCCCCCC. The molecule has 0 spiro atoms. The van der Waals surface area contributed by atoms with Crippen molar-refractivity contribution in [1.29, 1.82) is 0 Å². The molecule has 0 N–H and O–H groups in total. The summed E-state index contributed by atoms with van der Waals surface area (Å²) in [6, 6.07) is 0. The van der Waals surface area contributed by atoms with Gasteiger partial charge in [0.1, 0.15) is 13.2 Å². The molecular formula is C58H108O6. The molecule has 0 rings (SSSR count). The van der Waals surface area contributed by atoms with Gasteiger partial charge in [-0.15, -0.1) is 0 Å². The van der Waals surface area contributed by atoms with Crippen molar-refractivity contribution in [2.45, 2.75) is 316 Å². The van der Waals surface area contributed by atoms with Gasteiger partial charge in [-0.25, -0.2) is 0 Å². The van der Waals surface area contributed by atoms with Crippen LogP contribution in [0, 0.1) is 0 Å². The maximum atomic E-state index is 12.8. The van der Waals surface area contributed by atoms with E-state index >= 15 is 0 Å². The molecule has 0 fully saturated rings. The summed E-state index contributed by atoms with van der Waals surface area (Å²) in [5.74, 6) is -0.868. The second-order valence-electron chi connectivity index (χ2n) is 19.2. The lowest BCUT2D eigenvalue weighted by Gasteiger charge is -2.18. The molecule has 1 atom stereocenters. The zero-order valence-corrected chi connectivity index (χ0v) is 43.1. The summed E-state index contributed by atoms with van der Waals surface area (Å²) in [5.41, 5.74) is 0. The number of carbonyl (C=O) groups is 3. The van der Waals surface area contributed by atoms with E-state index in [0.717, 1.165) is 64.2 Å². The first kappa shape index (κ1) is 61.9. The van der Waals surface area contributed by atoms with Gasteiger partial charge in [-0.2, -0.15) is 0 Å². The number of hydrogen-bond acceptors (Lipinski definition) is 6. The summed E-state index contributed by atoms with van der Waals surface area (Å²) < 4.78 is 16.8. The molecule has 0 bridgehead atoms. The quantitative estimate of drug-likeness (QED) is 0.0262. The summed E-state index contributed by atoms with van der Waals surface area (Å²) in [5, 5.41) is 0. The number of ether oxygens (including phenoxy) is 3. The Balaban J connectivity index is 4.12. The number of esters is 3. The van der Waals surface area contributed by atoms with Crippen molar-refractivity contribution >= 4 is 17.9 Å². The van der Waals surface area contributed by atoms with Gasteiger partial charge in [0.05, 0.1) is 0 Å². The molecule has 0 aromatic heterocycles. The molecule has 0 aliphatic carbocycles. The second kappa shape index (κ2) is 53.5. The van der Waals surface area contributed by atoms with E-state index in [1.54, 1.807) is 0 Å². The summed E-state index contributed by atoms with van der Waals surface area (Å²) in [6.45, 7) is 6.61. The highest BCUT2D eigenvalue weighted by atomic mass is 16.6. The Kier molecular flexibility index (Phi) is 51.7. The number of hydrogen-bond donors (Lipinski definition) is 0. The highest BCUT2D eigenvalue weighted by Gasteiger charge is 2.19. The minimum Gasteiger partial charge on any atom is -0.462 e. The van der Waals surface area contributed by atoms with Crippen LogP contribution in [-0.2, 0) is 28.6 Å². The van der Waals surface area contributed by atoms with Crippen LogP contribution >= 0.6 is 0 Å². The molecule has 1 unspecified atom stereocenters. The predicted octanol–water partition coefficient (Wildman–Crippen LogP) is 18.7. The van der Waals surface area contributed by atoms with Crippen molar-refractivity contribution in [3.63, 3.8) is 0 Å². The number of allylic oxidation sites excluding steroid dienone is 4. The minimum absolute atomic E-state index is 0.0707. The predicted molar refractivity (Wildman–Crippen MR) is 275 cm³/mol. The standard InChI is InChI=1S/C58H108O6/c1-4-7-10-13-16-19-22-23-24-25-26-27-28-29-30-31-32-33-34-35-37-39-42-45-48-51-57(60)63-54-55(53-62-56(59)50-47-44-41-38-21-18-15-12-9-6-3)64-58(61)52-49-46-43-40-36-20-17-14-11-8-5-2/h14,17,25-26,55H,4-13,15-16,18-24,27-54H2,1-3H3/b17-14-,26-25-. The Hall–Kier alpha value is -2.11. The maximum Gasteiger partial charge on any atom is 0.306 e. The maximum absolute atomic E-state index is 12.8. The van der Waals surface area contributed by atoms with Crippen LogP contribution in [0.1, 0.15) is 310 Å². The Morgan fingerprint density at radius 1 is 0.297 bits per heavy atom. The Bertz CT molecular complexity index is 1040. The van der Waals surface area contributed by atoms with Crippen LogP contribution in [0.2, 0.25) is 0 Å². The normalized spacial score (nSPS) is 12.1. The van der Waals surface area contributed by atoms with E-state index in [-0.39, 0.29) is 31.1 Å². The third-order valence-electron chi connectivity index (χ3n) is 12.7. The summed E-state index contributed by atoms with van der Waals surface area (Å²) in [7, 11) is 0. The highest BCUT2D eigenvalue weighted by Crippen LogP contribution is 2.16. The summed E-state index contributed by atoms with van der Waals surface area (Å²) >= 11 is 0. The van der Waals surface area contributed by atoms with Crippen molar-refractivity contribution in [2.75, 3.05) is 13.2 Å². The zero-order chi connectivity index (χ0) is 46.5. The van der Waals surface area contributed by atoms with Gasteiger partial charge < -0.3 is 14.2 Å². The van der Waals surface area contributed by atoms with Gasteiger partial charge in [0.2, 0.25) is 0 Å². The molecule has 0 aromatic rings. The average molecular weight is 901 g/mol. The number of unbranched alkanes of at least 4 members (excludes halogenated alkanes) is 37. The van der Waals surface area contributed by atoms with Gasteiger partial charge >= 0.3 is 17.9 Å². The fourth-order valence-corrected chi connectivity index (χ4v) is 8.36. The van der Waals surface area contributed by atoms with Gasteiger partial charge in [0.15, 0.2) is 6.10 Å². The van der Waals surface area contributed by atoms with Crippen molar-refractivity contribution in [2.24, 2.45) is 0 Å². The van der Waals surface area contributed by atoms with Crippen LogP contribution in [0.3, 0.4) is 0 Å². The fourth-order valence-electron chi connectivity index (χ4n) is 8.36. The van der Waals surface area contributed by atoms with Gasteiger partial charge in [0.25, 0.3) is 0 Å². The van der Waals surface area contributed by atoms with Gasteiger partial charge in [-0.1, -0.05) is 251 Å². The first-order chi connectivity index (χ1) is 31.5. The van der Waals surface area contributed by atoms with Crippen LogP contribution in [0.15, 0.2) is 24.3 Å². The molecule has 0 aromatic carbocycles. The zero-order valence-electron chi connectivity index (χ0n) is 43.1. The first-order valence-corrected chi connectivity index (χ1v) is 28.3. The van der Waals surface area contributed by atoms with Crippen molar-refractivity contribution in [3.05, 3.63) is 24.3 Å². The van der Waals surface area contributed by atoms with Crippen molar-refractivity contribution < 1.29 is 28.6 Å². The molecule has 0 amide bonds. The third-order valence-corrected chi connectivity index (χ3v) is 12.7. The number of carbonyl (C=O) groups excluding carboxylic acids is 3. The molecule has 0 heterocycles. The van der Waals surface area contributed by atoms with Gasteiger partial charge in [-0.3, -0.25) is 14.4 Å². The van der Waals surface area contributed by atoms with E-state index in [0.29, 0.717) is 19.3 Å². The fraction of sp³-hybridized carbons (Fsp3) is 0.879. The second-order valence-corrected chi connectivity index (χ2v) is 19.2. The molecule has 6 nitrogen and oxygen atoms in total. The van der Waals surface area contributed by atoms with Crippen LogP contribution in [0.4, 0.5) is 0 Å². The van der Waals surface area contributed by atoms with Crippen LogP contribution < -0.4 is 0 Å². The van der Waals surface area contributed by atoms with Crippen molar-refractivity contribution in [1.82, 2.24) is 0 Å². The van der Waals surface area contributed by atoms with E-state index in [9.17, 15) is 14.4 Å². The average Bonchev–Trinajstić information content (AvgIpc) is 3.29. The molecule has 376 valence electrons. The summed E-state index contributed by atoms with van der Waals surface area (Å²) in [6.07, 6.45) is 61.9. The molecule has 64 heavy (non-hydrogen) atoms. The van der Waals surface area contributed by atoms with Crippen molar-refractivity contribution in [3.8, 4) is 0 Å². The first-order valence-electron chi connectivity index (χ1n) is 28.3. The van der Waals surface area contributed by atoms with Crippen LogP contribution in [0.25, 0.3) is 0 Å². The minimum atomic E-state index is -0.769. The molecular weight excluding hydrogens is 793 g/mol. The highest BCUT2D eigenvalue weighted by molar-refractivity contribution is 5.71. The Labute approximate surface area is 398 Å². The molecule has 0 saturated heterocycles. The monoisotopic (exact) mass is 901 g/mol. The van der Waals surface area contributed by atoms with E-state index in [1.807, 2.05) is 0 Å². The van der Waals surface area contributed by atoms with Gasteiger partial charge in [0, 0.05) is 19.3 Å². The Morgan fingerprint density at radius 3 is 0.828 bits per heavy atom. The lowest BCUT2D eigenvalue weighted by Crippen LogP contribution is -2.30. The topological polar surface area (TPSA) is 78.9 Å². The van der Waals surface area contributed by atoms with Gasteiger partial charge in [-0.05, 0) is 64.2 Å².